The minimum Gasteiger partial charge on any atom is -0.0741 e. The largest absolute Gasteiger partial charge is 0.0741 e. The monoisotopic (exact) mass is 248 g/mol. The van der Waals surface area contributed by atoms with Crippen LogP contribution < -0.4 is 0 Å². The van der Waals surface area contributed by atoms with Crippen molar-refractivity contribution in [3.63, 3.8) is 0 Å². The highest BCUT2D eigenvalue weighted by molar-refractivity contribution is 5.35. The molecule has 0 bridgehead atoms. The van der Waals surface area contributed by atoms with E-state index in [0.717, 1.165) is 29.1 Å². The van der Waals surface area contributed by atoms with Crippen molar-refractivity contribution in [2.75, 3.05) is 0 Å². The van der Waals surface area contributed by atoms with Crippen LogP contribution in [0.5, 0.6) is 0 Å². The van der Waals surface area contributed by atoms with Crippen molar-refractivity contribution >= 4 is 0 Å². The molecule has 2 aliphatic carbocycles. The second-order valence-electron chi connectivity index (χ2n) is 7.30. The predicted molar refractivity (Wildman–Crippen MR) is 80.5 cm³/mol. The van der Waals surface area contributed by atoms with E-state index in [1.165, 1.54) is 32.1 Å². The quantitative estimate of drug-likeness (QED) is 0.519. The SMILES string of the molecule is CCC(C)=C(CCC(C)C)C1C(CC)C12CC2C. The van der Waals surface area contributed by atoms with Crippen LogP contribution in [0.1, 0.15) is 73.6 Å². The molecule has 0 amide bonds. The van der Waals surface area contributed by atoms with Crippen molar-refractivity contribution in [1.82, 2.24) is 0 Å². The van der Waals surface area contributed by atoms with Crippen LogP contribution >= 0.6 is 0 Å². The predicted octanol–water partition coefficient (Wildman–Crippen LogP) is 5.83. The average Bonchev–Trinajstić information content (AvgIpc) is 3.17. The van der Waals surface area contributed by atoms with Gasteiger partial charge in [0.15, 0.2) is 0 Å². The van der Waals surface area contributed by atoms with Crippen LogP contribution in [-0.2, 0) is 0 Å². The van der Waals surface area contributed by atoms with E-state index in [1.54, 1.807) is 5.57 Å². The van der Waals surface area contributed by atoms with E-state index < -0.39 is 0 Å². The van der Waals surface area contributed by atoms with Crippen molar-refractivity contribution in [3.8, 4) is 0 Å². The molecule has 0 aromatic carbocycles. The molecule has 0 N–H and O–H groups in total. The second-order valence-corrected chi connectivity index (χ2v) is 7.30. The third kappa shape index (κ3) is 2.17. The second kappa shape index (κ2) is 5.02. The molecule has 104 valence electrons. The molecule has 0 heteroatoms. The van der Waals surface area contributed by atoms with E-state index in [1.807, 2.05) is 5.57 Å². The minimum absolute atomic E-state index is 0.775. The Labute approximate surface area is 114 Å². The highest BCUT2D eigenvalue weighted by Gasteiger charge is 2.75. The molecule has 2 fully saturated rings. The smallest absolute Gasteiger partial charge is 0.0105 e. The first-order valence-corrected chi connectivity index (χ1v) is 8.17. The summed E-state index contributed by atoms with van der Waals surface area (Å²) in [5.41, 5.74) is 4.34. The molecule has 2 aliphatic rings. The third-order valence-corrected chi connectivity index (χ3v) is 5.86. The maximum atomic E-state index is 2.48. The van der Waals surface area contributed by atoms with E-state index >= 15 is 0 Å². The molecular formula is C18H32. The van der Waals surface area contributed by atoms with Crippen molar-refractivity contribution in [2.45, 2.75) is 73.6 Å². The first-order chi connectivity index (χ1) is 8.48. The number of allylic oxidation sites excluding steroid dienone is 2. The van der Waals surface area contributed by atoms with E-state index in [9.17, 15) is 0 Å². The Morgan fingerprint density at radius 1 is 1.28 bits per heavy atom. The van der Waals surface area contributed by atoms with Crippen LogP contribution in [0.4, 0.5) is 0 Å². The fourth-order valence-electron chi connectivity index (χ4n) is 4.45. The fourth-order valence-corrected chi connectivity index (χ4v) is 4.45. The third-order valence-electron chi connectivity index (χ3n) is 5.86. The van der Waals surface area contributed by atoms with E-state index in [0.29, 0.717) is 0 Å². The first-order valence-electron chi connectivity index (χ1n) is 8.17. The number of hydrogen-bond acceptors (Lipinski definition) is 0. The van der Waals surface area contributed by atoms with Crippen LogP contribution in [0.2, 0.25) is 0 Å². The average molecular weight is 248 g/mol. The number of hydrogen-bond donors (Lipinski definition) is 0. The zero-order valence-corrected chi connectivity index (χ0v) is 13.3. The summed E-state index contributed by atoms with van der Waals surface area (Å²) in [6.45, 7) is 14.3. The molecule has 0 nitrogen and oxygen atoms in total. The lowest BCUT2D eigenvalue weighted by atomic mass is 9.92. The first kappa shape index (κ1) is 14.2. The molecule has 0 aromatic rings. The molecule has 2 saturated carbocycles. The van der Waals surface area contributed by atoms with E-state index in [-0.39, 0.29) is 0 Å². The molecule has 18 heavy (non-hydrogen) atoms. The van der Waals surface area contributed by atoms with Crippen molar-refractivity contribution in [1.29, 1.82) is 0 Å². The standard InChI is InChI=1S/C18H32/c1-7-13(5)15(10-9-12(3)4)17-16(8-2)18(17)11-14(18)6/h12,14,16-17H,7-11H2,1-6H3. The van der Waals surface area contributed by atoms with Crippen LogP contribution in [-0.4, -0.2) is 0 Å². The van der Waals surface area contributed by atoms with E-state index in [4.69, 9.17) is 0 Å². The number of rotatable bonds is 6. The molecule has 2 rings (SSSR count). The van der Waals surface area contributed by atoms with Gasteiger partial charge in [-0.2, -0.15) is 0 Å². The summed E-state index contributed by atoms with van der Waals surface area (Å²) in [7, 11) is 0. The van der Waals surface area contributed by atoms with Gasteiger partial charge in [-0.25, -0.2) is 0 Å². The molecular weight excluding hydrogens is 216 g/mol. The van der Waals surface area contributed by atoms with Gasteiger partial charge < -0.3 is 0 Å². The maximum Gasteiger partial charge on any atom is -0.0105 e. The van der Waals surface area contributed by atoms with Gasteiger partial charge in [0.05, 0.1) is 0 Å². The van der Waals surface area contributed by atoms with Crippen molar-refractivity contribution in [2.24, 2.45) is 29.1 Å². The molecule has 0 radical (unpaired) electrons. The summed E-state index contributed by atoms with van der Waals surface area (Å²) < 4.78 is 0. The topological polar surface area (TPSA) is 0 Å². The van der Waals surface area contributed by atoms with Crippen molar-refractivity contribution < 1.29 is 0 Å². The summed E-state index contributed by atoms with van der Waals surface area (Å²) in [6.07, 6.45) is 6.91. The van der Waals surface area contributed by atoms with Gasteiger partial charge in [-0.15, -0.1) is 0 Å². The highest BCUT2D eigenvalue weighted by atomic mass is 14.8. The lowest BCUT2D eigenvalue weighted by Crippen LogP contribution is -1.99. The van der Waals surface area contributed by atoms with Crippen molar-refractivity contribution in [3.05, 3.63) is 11.1 Å². The summed E-state index contributed by atoms with van der Waals surface area (Å²) in [5.74, 6) is 3.84. The van der Waals surface area contributed by atoms with Crippen LogP contribution in [0, 0.1) is 29.1 Å². The Hall–Kier alpha value is -0.260. The Kier molecular flexibility index (Phi) is 3.95. The fraction of sp³-hybridized carbons (Fsp3) is 0.889. The summed E-state index contributed by atoms with van der Waals surface area (Å²) in [5, 5.41) is 0. The van der Waals surface area contributed by atoms with Gasteiger partial charge in [0.2, 0.25) is 0 Å². The summed E-state index contributed by atoms with van der Waals surface area (Å²) in [4.78, 5) is 0. The molecule has 1 spiro atoms. The van der Waals surface area contributed by atoms with Gasteiger partial charge in [0, 0.05) is 0 Å². The van der Waals surface area contributed by atoms with Crippen LogP contribution in [0.25, 0.3) is 0 Å². The van der Waals surface area contributed by atoms with Gasteiger partial charge in [0.1, 0.15) is 0 Å². The Morgan fingerprint density at radius 2 is 1.89 bits per heavy atom. The van der Waals surface area contributed by atoms with Gasteiger partial charge >= 0.3 is 0 Å². The Morgan fingerprint density at radius 3 is 2.22 bits per heavy atom. The molecule has 4 atom stereocenters. The van der Waals surface area contributed by atoms with Gasteiger partial charge in [-0.3, -0.25) is 0 Å². The Bertz CT molecular complexity index is 336. The summed E-state index contributed by atoms with van der Waals surface area (Å²) in [6, 6.07) is 0. The lowest BCUT2D eigenvalue weighted by molar-refractivity contribution is 0.560. The lowest BCUT2D eigenvalue weighted by Gasteiger charge is -2.14. The zero-order valence-electron chi connectivity index (χ0n) is 13.3. The normalized spacial score (nSPS) is 39.2. The molecule has 0 saturated heterocycles. The zero-order chi connectivity index (χ0) is 13.5. The summed E-state index contributed by atoms with van der Waals surface area (Å²) >= 11 is 0. The highest BCUT2D eigenvalue weighted by Crippen LogP contribution is 2.81. The van der Waals surface area contributed by atoms with Gasteiger partial charge in [-0.05, 0) is 61.7 Å². The Balaban J connectivity index is 2.12. The van der Waals surface area contributed by atoms with Gasteiger partial charge in [-0.1, -0.05) is 52.2 Å². The maximum absolute atomic E-state index is 2.48. The molecule has 0 aromatic heterocycles. The molecule has 0 aliphatic heterocycles. The van der Waals surface area contributed by atoms with Crippen LogP contribution in [0.15, 0.2) is 11.1 Å². The molecule has 4 unspecified atom stereocenters. The van der Waals surface area contributed by atoms with Gasteiger partial charge in [0.25, 0.3) is 0 Å². The van der Waals surface area contributed by atoms with E-state index in [2.05, 4.69) is 41.5 Å². The molecule has 0 heterocycles. The van der Waals surface area contributed by atoms with Crippen LogP contribution in [0.3, 0.4) is 0 Å². The minimum atomic E-state index is 0.775.